The predicted molar refractivity (Wildman–Crippen MR) is 125 cm³/mol. The van der Waals surface area contributed by atoms with Crippen molar-refractivity contribution in [3.63, 3.8) is 0 Å². The molecule has 1 aromatic carbocycles. The first-order valence-electron chi connectivity index (χ1n) is 11.1. The monoisotopic (exact) mass is 431 g/mol. The van der Waals surface area contributed by atoms with Crippen LogP contribution in [0, 0.1) is 5.92 Å². The number of carbonyl (C=O) groups excluding carboxylic acids is 1. The molecule has 166 valence electrons. The highest BCUT2D eigenvalue weighted by molar-refractivity contribution is 5.92. The molecule has 2 heterocycles. The lowest BCUT2D eigenvalue weighted by molar-refractivity contribution is 0.0783. The fourth-order valence-electron chi connectivity index (χ4n) is 4.64. The van der Waals surface area contributed by atoms with Gasteiger partial charge in [-0.1, -0.05) is 36.9 Å². The van der Waals surface area contributed by atoms with E-state index in [-0.39, 0.29) is 24.1 Å². The van der Waals surface area contributed by atoms with Gasteiger partial charge in [-0.3, -0.25) is 9.59 Å². The van der Waals surface area contributed by atoms with Crippen LogP contribution in [0.4, 0.5) is 0 Å². The smallest absolute Gasteiger partial charge is 0.279 e. The summed E-state index contributed by atoms with van der Waals surface area (Å²) in [6, 6.07) is 6.23. The van der Waals surface area contributed by atoms with Gasteiger partial charge < -0.3 is 15.0 Å². The number of aliphatic hydroxyl groups is 1. The van der Waals surface area contributed by atoms with Gasteiger partial charge in [0.25, 0.3) is 11.5 Å². The van der Waals surface area contributed by atoms with Gasteiger partial charge in [0.1, 0.15) is 0 Å². The number of amides is 1. The summed E-state index contributed by atoms with van der Waals surface area (Å²) in [7, 11) is 0. The average molecular weight is 432 g/mol. The van der Waals surface area contributed by atoms with Crippen molar-refractivity contribution >= 4 is 11.5 Å². The van der Waals surface area contributed by atoms with Gasteiger partial charge in [0.15, 0.2) is 5.69 Å². The summed E-state index contributed by atoms with van der Waals surface area (Å²) in [5, 5.41) is 10.1. The van der Waals surface area contributed by atoms with E-state index in [0.717, 1.165) is 28.7 Å². The molecule has 6 heteroatoms. The lowest BCUT2D eigenvalue weighted by atomic mass is 9.88. The average Bonchev–Trinajstić information content (AvgIpc) is 3.53. The van der Waals surface area contributed by atoms with Crippen molar-refractivity contribution in [2.45, 2.75) is 38.7 Å². The zero-order valence-electron chi connectivity index (χ0n) is 18.4. The normalized spacial score (nSPS) is 19.3. The number of nitrogens with zero attached hydrogens (tertiary/aromatic N) is 2. The number of likely N-dealkylation sites (tertiary alicyclic amines) is 1. The van der Waals surface area contributed by atoms with E-state index in [2.05, 4.69) is 47.7 Å². The van der Waals surface area contributed by atoms with Crippen LogP contribution in [-0.4, -0.2) is 39.0 Å². The maximum atomic E-state index is 12.8. The second-order valence-electron chi connectivity index (χ2n) is 8.41. The van der Waals surface area contributed by atoms with Gasteiger partial charge in [0, 0.05) is 31.4 Å². The molecule has 0 radical (unpaired) electrons. The van der Waals surface area contributed by atoms with E-state index >= 15 is 0 Å². The number of carbonyl (C=O) groups is 1. The maximum Gasteiger partial charge on any atom is 0.279 e. The van der Waals surface area contributed by atoms with E-state index in [1.54, 1.807) is 4.90 Å². The van der Waals surface area contributed by atoms with Gasteiger partial charge >= 0.3 is 0 Å². The summed E-state index contributed by atoms with van der Waals surface area (Å²) in [6.07, 6.45) is 12.1. The Morgan fingerprint density at radius 1 is 1.34 bits per heavy atom. The summed E-state index contributed by atoms with van der Waals surface area (Å²) >= 11 is 0. The molecule has 1 unspecified atom stereocenters. The van der Waals surface area contributed by atoms with Crippen molar-refractivity contribution in [3.05, 3.63) is 93.7 Å². The van der Waals surface area contributed by atoms with Crippen molar-refractivity contribution in [1.82, 2.24) is 14.9 Å². The van der Waals surface area contributed by atoms with Crippen LogP contribution in [0.15, 0.2) is 65.8 Å². The minimum atomic E-state index is -0.474. The largest absolute Gasteiger partial charge is 0.392 e. The summed E-state index contributed by atoms with van der Waals surface area (Å²) in [4.78, 5) is 32.8. The molecular formula is C26H29N3O3. The number of aliphatic hydroxyl groups excluding tert-OH is 1. The van der Waals surface area contributed by atoms with Crippen LogP contribution in [0.3, 0.4) is 0 Å². The van der Waals surface area contributed by atoms with Crippen LogP contribution in [0.5, 0.6) is 0 Å². The summed E-state index contributed by atoms with van der Waals surface area (Å²) in [5.41, 5.74) is 4.93. The minimum absolute atomic E-state index is 0.0660. The summed E-state index contributed by atoms with van der Waals surface area (Å²) in [5.74, 6) is 0.358. The van der Waals surface area contributed by atoms with E-state index < -0.39 is 5.56 Å². The Balaban J connectivity index is 1.58. The molecule has 1 aliphatic carbocycles. The molecule has 2 aromatic rings. The molecule has 2 fully saturated rings. The molecule has 1 saturated carbocycles. The SMILES string of the molecule is C=C/C=C(\C(=C/C)C1CC1)c1ccc(C2CCN(C(=O)c3ncc[nH]c3=O)C2)c(CO)c1. The molecule has 0 bridgehead atoms. The minimum Gasteiger partial charge on any atom is -0.392 e. The van der Waals surface area contributed by atoms with E-state index in [1.165, 1.54) is 30.8 Å². The molecule has 1 aromatic heterocycles. The lowest BCUT2D eigenvalue weighted by Crippen LogP contribution is -2.34. The zero-order valence-corrected chi connectivity index (χ0v) is 18.4. The van der Waals surface area contributed by atoms with Crippen molar-refractivity contribution in [2.24, 2.45) is 5.92 Å². The highest BCUT2D eigenvalue weighted by Gasteiger charge is 2.32. The van der Waals surface area contributed by atoms with Gasteiger partial charge in [0.05, 0.1) is 6.61 Å². The zero-order chi connectivity index (χ0) is 22.7. The maximum absolute atomic E-state index is 12.8. The first-order chi connectivity index (χ1) is 15.6. The van der Waals surface area contributed by atoms with E-state index in [9.17, 15) is 14.7 Å². The standard InChI is InChI=1S/C26H29N3O3/c1-3-5-23(21(4-2)17-6-7-17)18-8-9-22(20(14-18)16-30)19-10-13-29(15-19)26(32)24-25(31)28-12-11-27-24/h3-5,8-9,11-12,14,17,19,30H,1,6-7,10,13,15-16H2,2H3,(H,28,31)/b21-4-,23-5-. The van der Waals surface area contributed by atoms with Crippen LogP contribution in [0.2, 0.25) is 0 Å². The van der Waals surface area contributed by atoms with Gasteiger partial charge in [-0.2, -0.15) is 0 Å². The van der Waals surface area contributed by atoms with E-state index in [0.29, 0.717) is 19.0 Å². The number of aromatic nitrogens is 2. The van der Waals surface area contributed by atoms with Gasteiger partial charge in [-0.25, -0.2) is 4.98 Å². The van der Waals surface area contributed by atoms with Crippen LogP contribution in [0.1, 0.15) is 59.3 Å². The van der Waals surface area contributed by atoms with Gasteiger partial charge in [-0.15, -0.1) is 0 Å². The Hall–Kier alpha value is -3.25. The second-order valence-corrected chi connectivity index (χ2v) is 8.41. The highest BCUT2D eigenvalue weighted by atomic mass is 16.3. The molecule has 4 rings (SSSR count). The molecule has 2 N–H and O–H groups in total. The Kier molecular flexibility index (Phi) is 6.51. The van der Waals surface area contributed by atoms with E-state index in [1.807, 2.05) is 12.2 Å². The van der Waals surface area contributed by atoms with Crippen LogP contribution in [-0.2, 0) is 6.61 Å². The quantitative estimate of drug-likeness (QED) is 0.653. The number of hydrogen-bond acceptors (Lipinski definition) is 4. The molecule has 32 heavy (non-hydrogen) atoms. The second kappa shape index (κ2) is 9.49. The van der Waals surface area contributed by atoms with Crippen LogP contribution in [0.25, 0.3) is 5.57 Å². The molecular weight excluding hydrogens is 402 g/mol. The number of hydrogen-bond donors (Lipinski definition) is 2. The Morgan fingerprint density at radius 2 is 2.16 bits per heavy atom. The van der Waals surface area contributed by atoms with Crippen molar-refractivity contribution in [2.75, 3.05) is 13.1 Å². The Labute approximate surface area is 188 Å². The third-order valence-corrected chi connectivity index (χ3v) is 6.37. The molecule has 6 nitrogen and oxygen atoms in total. The highest BCUT2D eigenvalue weighted by Crippen LogP contribution is 2.43. The number of benzene rings is 1. The fraction of sp³-hybridized carbons (Fsp3) is 0.346. The van der Waals surface area contributed by atoms with Crippen LogP contribution >= 0.6 is 0 Å². The lowest BCUT2D eigenvalue weighted by Gasteiger charge is -2.19. The molecule has 1 aliphatic heterocycles. The van der Waals surface area contributed by atoms with Gasteiger partial charge in [-0.05, 0) is 66.0 Å². The number of allylic oxidation sites excluding steroid dienone is 5. The van der Waals surface area contributed by atoms with Crippen molar-refractivity contribution < 1.29 is 9.90 Å². The predicted octanol–water partition coefficient (Wildman–Crippen LogP) is 3.82. The number of rotatable bonds is 7. The first-order valence-corrected chi connectivity index (χ1v) is 11.1. The first kappa shape index (κ1) is 22.0. The molecule has 1 amide bonds. The summed E-state index contributed by atoms with van der Waals surface area (Å²) in [6.45, 7) is 6.94. The number of nitrogens with one attached hydrogen (secondary N) is 1. The molecule has 2 aliphatic rings. The third kappa shape index (κ3) is 4.36. The van der Waals surface area contributed by atoms with E-state index in [4.69, 9.17) is 0 Å². The molecule has 0 spiro atoms. The Morgan fingerprint density at radius 3 is 2.81 bits per heavy atom. The topological polar surface area (TPSA) is 86.3 Å². The third-order valence-electron chi connectivity index (χ3n) is 6.37. The van der Waals surface area contributed by atoms with Gasteiger partial charge in [0.2, 0.25) is 0 Å². The Bertz CT molecular complexity index is 1140. The van der Waals surface area contributed by atoms with Crippen molar-refractivity contribution in [1.29, 1.82) is 0 Å². The molecule has 1 saturated heterocycles. The summed E-state index contributed by atoms with van der Waals surface area (Å²) < 4.78 is 0. The molecule has 1 atom stereocenters. The van der Waals surface area contributed by atoms with Crippen molar-refractivity contribution in [3.8, 4) is 0 Å². The number of H-pyrrole nitrogens is 1. The number of aromatic amines is 1. The fourth-order valence-corrected chi connectivity index (χ4v) is 4.64. The van der Waals surface area contributed by atoms with Crippen LogP contribution < -0.4 is 5.56 Å².